The van der Waals surface area contributed by atoms with Gasteiger partial charge in [-0.05, 0) is 31.7 Å². The topological polar surface area (TPSA) is 47.0 Å². The maximum Gasteiger partial charge on any atom is 0.222 e. The van der Waals surface area contributed by atoms with E-state index in [9.17, 15) is 0 Å². The summed E-state index contributed by atoms with van der Waals surface area (Å²) < 4.78 is 5.61. The average molecular weight is 207 g/mol. The number of hydrogen-bond acceptors (Lipinski definition) is 4. The van der Waals surface area contributed by atoms with E-state index in [1.54, 1.807) is 0 Å². The van der Waals surface area contributed by atoms with Crippen LogP contribution in [0.15, 0.2) is 12.4 Å². The zero-order valence-electron chi connectivity index (χ0n) is 9.07. The number of aryl methyl sites for hydroxylation is 1. The summed E-state index contributed by atoms with van der Waals surface area (Å²) in [5.41, 5.74) is 1.08. The molecule has 1 N–H and O–H groups in total. The highest BCUT2D eigenvalue weighted by Crippen LogP contribution is 2.12. The molecule has 4 heteroatoms. The van der Waals surface area contributed by atoms with E-state index >= 15 is 0 Å². The van der Waals surface area contributed by atoms with Crippen molar-refractivity contribution < 1.29 is 4.74 Å². The number of aromatic nitrogens is 2. The molecule has 1 aliphatic rings. The summed E-state index contributed by atoms with van der Waals surface area (Å²) >= 11 is 0. The maximum atomic E-state index is 5.61. The quantitative estimate of drug-likeness (QED) is 0.820. The van der Waals surface area contributed by atoms with Gasteiger partial charge in [-0.2, -0.15) is 0 Å². The lowest BCUT2D eigenvalue weighted by Gasteiger charge is -2.22. The third kappa shape index (κ3) is 3.16. The van der Waals surface area contributed by atoms with Crippen LogP contribution in [-0.4, -0.2) is 29.2 Å². The van der Waals surface area contributed by atoms with Gasteiger partial charge >= 0.3 is 0 Å². The molecule has 4 nitrogen and oxygen atoms in total. The first kappa shape index (κ1) is 10.4. The van der Waals surface area contributed by atoms with Crippen molar-refractivity contribution >= 4 is 5.95 Å². The van der Waals surface area contributed by atoms with Gasteiger partial charge in [-0.15, -0.1) is 0 Å². The number of rotatable bonds is 3. The predicted octanol–water partition coefficient (Wildman–Crippen LogP) is 1.77. The molecule has 15 heavy (non-hydrogen) atoms. The van der Waals surface area contributed by atoms with Crippen molar-refractivity contribution in [2.24, 2.45) is 0 Å². The summed E-state index contributed by atoms with van der Waals surface area (Å²) in [6.07, 6.45) is 7.55. The molecule has 0 aliphatic carbocycles. The van der Waals surface area contributed by atoms with E-state index in [1.807, 2.05) is 19.3 Å². The second kappa shape index (κ2) is 5.07. The number of nitrogens with one attached hydrogen (secondary N) is 1. The van der Waals surface area contributed by atoms with E-state index in [1.165, 1.54) is 12.8 Å². The van der Waals surface area contributed by atoms with Crippen molar-refractivity contribution in [3.05, 3.63) is 18.0 Å². The van der Waals surface area contributed by atoms with Gasteiger partial charge in [-0.25, -0.2) is 9.97 Å². The van der Waals surface area contributed by atoms with Crippen molar-refractivity contribution in [3.8, 4) is 0 Å². The second-order valence-corrected chi connectivity index (χ2v) is 3.95. The number of anilines is 1. The van der Waals surface area contributed by atoms with Gasteiger partial charge in [0.05, 0.1) is 6.10 Å². The molecule has 2 rings (SSSR count). The summed E-state index contributed by atoms with van der Waals surface area (Å²) in [5.74, 6) is 0.690. The largest absolute Gasteiger partial charge is 0.376 e. The van der Waals surface area contributed by atoms with Crippen LogP contribution in [0.2, 0.25) is 0 Å². The standard InChI is InChI=1S/C11H17N3O/c1-9-6-12-11(13-7-9)14-8-10-4-2-3-5-15-10/h6-7,10H,2-5,8H2,1H3,(H,12,13,14). The summed E-state index contributed by atoms with van der Waals surface area (Å²) in [6, 6.07) is 0. The Kier molecular flexibility index (Phi) is 3.50. The molecule has 1 aromatic heterocycles. The minimum Gasteiger partial charge on any atom is -0.376 e. The van der Waals surface area contributed by atoms with E-state index in [0.717, 1.165) is 25.1 Å². The van der Waals surface area contributed by atoms with Gasteiger partial charge in [0.25, 0.3) is 0 Å². The highest BCUT2D eigenvalue weighted by Gasteiger charge is 2.13. The molecule has 0 amide bonds. The molecule has 1 aliphatic heterocycles. The minimum atomic E-state index is 0.323. The van der Waals surface area contributed by atoms with Gasteiger partial charge in [0, 0.05) is 25.5 Å². The molecule has 0 aromatic carbocycles. The fourth-order valence-electron chi connectivity index (χ4n) is 1.66. The third-order valence-corrected chi connectivity index (χ3v) is 2.54. The summed E-state index contributed by atoms with van der Waals surface area (Å²) in [6.45, 7) is 3.68. The van der Waals surface area contributed by atoms with Crippen molar-refractivity contribution in [2.45, 2.75) is 32.3 Å². The molecular formula is C11H17N3O. The fourth-order valence-corrected chi connectivity index (χ4v) is 1.66. The zero-order valence-corrected chi connectivity index (χ0v) is 9.07. The number of ether oxygens (including phenoxy) is 1. The first-order chi connectivity index (χ1) is 7.34. The molecule has 1 atom stereocenters. The molecule has 82 valence electrons. The van der Waals surface area contributed by atoms with Crippen molar-refractivity contribution in [2.75, 3.05) is 18.5 Å². The van der Waals surface area contributed by atoms with Gasteiger partial charge in [-0.1, -0.05) is 0 Å². The Morgan fingerprint density at radius 1 is 1.40 bits per heavy atom. The van der Waals surface area contributed by atoms with Gasteiger partial charge in [-0.3, -0.25) is 0 Å². The summed E-state index contributed by atoms with van der Waals surface area (Å²) in [4.78, 5) is 8.37. The van der Waals surface area contributed by atoms with E-state index in [2.05, 4.69) is 15.3 Å². The summed E-state index contributed by atoms with van der Waals surface area (Å²) in [7, 11) is 0. The van der Waals surface area contributed by atoms with Crippen LogP contribution < -0.4 is 5.32 Å². The molecule has 1 saturated heterocycles. The molecule has 0 radical (unpaired) electrons. The molecule has 2 heterocycles. The Balaban J connectivity index is 1.79. The molecule has 0 saturated carbocycles. The van der Waals surface area contributed by atoms with E-state index in [4.69, 9.17) is 4.74 Å². The molecular weight excluding hydrogens is 190 g/mol. The van der Waals surface area contributed by atoms with Crippen LogP contribution in [0.5, 0.6) is 0 Å². The molecule has 1 unspecified atom stereocenters. The van der Waals surface area contributed by atoms with E-state index in [0.29, 0.717) is 12.1 Å². The Hall–Kier alpha value is -1.16. The Morgan fingerprint density at radius 3 is 2.87 bits per heavy atom. The summed E-state index contributed by atoms with van der Waals surface area (Å²) in [5, 5.41) is 3.19. The van der Waals surface area contributed by atoms with Crippen LogP contribution in [-0.2, 0) is 4.74 Å². The zero-order chi connectivity index (χ0) is 10.5. The van der Waals surface area contributed by atoms with Crippen molar-refractivity contribution in [1.82, 2.24) is 9.97 Å². The van der Waals surface area contributed by atoms with E-state index in [-0.39, 0.29) is 0 Å². The Labute approximate surface area is 90.1 Å². The van der Waals surface area contributed by atoms with Crippen LogP contribution in [0.3, 0.4) is 0 Å². The Bertz CT molecular complexity index is 293. The SMILES string of the molecule is Cc1cnc(NCC2CCCCO2)nc1. The first-order valence-electron chi connectivity index (χ1n) is 5.49. The predicted molar refractivity (Wildman–Crippen MR) is 58.8 cm³/mol. The monoisotopic (exact) mass is 207 g/mol. The molecule has 1 aromatic rings. The smallest absolute Gasteiger partial charge is 0.222 e. The average Bonchev–Trinajstić information content (AvgIpc) is 2.30. The molecule has 1 fully saturated rings. The van der Waals surface area contributed by atoms with E-state index < -0.39 is 0 Å². The van der Waals surface area contributed by atoms with Crippen LogP contribution in [0, 0.1) is 6.92 Å². The fraction of sp³-hybridized carbons (Fsp3) is 0.636. The number of nitrogens with zero attached hydrogens (tertiary/aromatic N) is 2. The van der Waals surface area contributed by atoms with Crippen molar-refractivity contribution in [1.29, 1.82) is 0 Å². The van der Waals surface area contributed by atoms with Crippen LogP contribution in [0.4, 0.5) is 5.95 Å². The van der Waals surface area contributed by atoms with Crippen LogP contribution in [0.25, 0.3) is 0 Å². The van der Waals surface area contributed by atoms with Gasteiger partial charge in [0.2, 0.25) is 5.95 Å². The Morgan fingerprint density at radius 2 is 2.20 bits per heavy atom. The number of hydrogen-bond donors (Lipinski definition) is 1. The minimum absolute atomic E-state index is 0.323. The highest BCUT2D eigenvalue weighted by molar-refractivity contribution is 5.24. The third-order valence-electron chi connectivity index (χ3n) is 2.54. The molecule has 0 bridgehead atoms. The highest BCUT2D eigenvalue weighted by atomic mass is 16.5. The van der Waals surface area contributed by atoms with Crippen LogP contribution >= 0.6 is 0 Å². The van der Waals surface area contributed by atoms with Crippen LogP contribution in [0.1, 0.15) is 24.8 Å². The lowest BCUT2D eigenvalue weighted by atomic mass is 10.1. The van der Waals surface area contributed by atoms with Gasteiger partial charge in [0.1, 0.15) is 0 Å². The molecule has 0 spiro atoms. The normalized spacial score (nSPS) is 21.3. The lowest BCUT2D eigenvalue weighted by molar-refractivity contribution is 0.0246. The lowest BCUT2D eigenvalue weighted by Crippen LogP contribution is -2.27. The van der Waals surface area contributed by atoms with Gasteiger partial charge in [0.15, 0.2) is 0 Å². The second-order valence-electron chi connectivity index (χ2n) is 3.95. The maximum absolute atomic E-state index is 5.61. The van der Waals surface area contributed by atoms with Gasteiger partial charge < -0.3 is 10.1 Å². The van der Waals surface area contributed by atoms with Crippen molar-refractivity contribution in [3.63, 3.8) is 0 Å². The first-order valence-corrected chi connectivity index (χ1v) is 5.49.